The predicted molar refractivity (Wildman–Crippen MR) is 66.4 cm³/mol. The zero-order valence-corrected chi connectivity index (χ0v) is 10.9. The molecule has 0 spiro atoms. The molecule has 0 N–H and O–H groups in total. The van der Waals surface area contributed by atoms with Gasteiger partial charge in [-0.05, 0) is 62.2 Å². The highest BCUT2D eigenvalue weighted by Gasteiger charge is 2.51. The second-order valence-corrected chi connectivity index (χ2v) is 6.48. The van der Waals surface area contributed by atoms with Crippen LogP contribution >= 0.6 is 0 Å². The summed E-state index contributed by atoms with van der Waals surface area (Å²) < 4.78 is 5.47. The second-order valence-electron chi connectivity index (χ2n) is 6.48. The fourth-order valence-electron chi connectivity index (χ4n) is 4.72. The summed E-state index contributed by atoms with van der Waals surface area (Å²) in [6, 6.07) is 0. The number of hydrogen-bond donors (Lipinski definition) is 0. The van der Waals surface area contributed by atoms with E-state index in [1.54, 1.807) is 0 Å². The Labute approximate surface area is 104 Å². The van der Waals surface area contributed by atoms with Gasteiger partial charge in [0.25, 0.3) is 0 Å². The molecule has 0 heterocycles. The van der Waals surface area contributed by atoms with Gasteiger partial charge < -0.3 is 4.74 Å². The van der Waals surface area contributed by atoms with Crippen LogP contribution in [-0.2, 0) is 9.53 Å². The van der Waals surface area contributed by atoms with E-state index in [0.717, 1.165) is 24.7 Å². The zero-order chi connectivity index (χ0) is 11.8. The lowest BCUT2D eigenvalue weighted by molar-refractivity contribution is -0.162. The van der Waals surface area contributed by atoms with Crippen LogP contribution < -0.4 is 0 Å². The molecule has 0 aromatic heterocycles. The van der Waals surface area contributed by atoms with E-state index in [2.05, 4.69) is 6.92 Å². The Morgan fingerprint density at radius 1 is 1.06 bits per heavy atom. The molecule has 0 amide bonds. The van der Waals surface area contributed by atoms with Gasteiger partial charge in [-0.2, -0.15) is 0 Å². The first-order chi connectivity index (χ1) is 8.28. The van der Waals surface area contributed by atoms with Crippen LogP contribution in [-0.4, -0.2) is 12.6 Å². The molecule has 96 valence electrons. The summed E-state index contributed by atoms with van der Waals surface area (Å²) in [5.41, 5.74) is 0. The van der Waals surface area contributed by atoms with E-state index < -0.39 is 0 Å². The molecular formula is C15H24O2. The van der Waals surface area contributed by atoms with E-state index >= 15 is 0 Å². The summed E-state index contributed by atoms with van der Waals surface area (Å²) in [5, 5.41) is 0. The van der Waals surface area contributed by atoms with Gasteiger partial charge in [-0.3, -0.25) is 4.79 Å². The van der Waals surface area contributed by atoms with Crippen LogP contribution in [0.5, 0.6) is 0 Å². The van der Waals surface area contributed by atoms with Gasteiger partial charge in [-0.15, -0.1) is 0 Å². The van der Waals surface area contributed by atoms with Crippen molar-refractivity contribution in [2.24, 2.45) is 29.6 Å². The van der Waals surface area contributed by atoms with E-state index in [9.17, 15) is 4.79 Å². The number of unbranched alkanes of at least 4 members (excludes halogenated alkanes) is 1. The number of ether oxygens (including phenoxy) is 1. The lowest BCUT2D eigenvalue weighted by atomic mass is 9.52. The summed E-state index contributed by atoms with van der Waals surface area (Å²) in [5.74, 6) is 3.61. The van der Waals surface area contributed by atoms with Crippen molar-refractivity contribution in [2.45, 2.75) is 51.9 Å². The van der Waals surface area contributed by atoms with Crippen molar-refractivity contribution in [3.8, 4) is 0 Å². The summed E-state index contributed by atoms with van der Waals surface area (Å²) >= 11 is 0. The molecule has 4 saturated carbocycles. The molecule has 4 aliphatic carbocycles. The maximum atomic E-state index is 12.2. The summed E-state index contributed by atoms with van der Waals surface area (Å²) in [4.78, 5) is 12.2. The normalized spacial score (nSPS) is 42.8. The summed E-state index contributed by atoms with van der Waals surface area (Å²) in [7, 11) is 0. The highest BCUT2D eigenvalue weighted by molar-refractivity contribution is 5.73. The number of carbonyl (C=O) groups excluding carboxylic acids is 1. The third kappa shape index (κ3) is 2.11. The molecule has 0 aromatic rings. The number of rotatable bonds is 4. The molecule has 4 fully saturated rings. The molecule has 2 nitrogen and oxygen atoms in total. The van der Waals surface area contributed by atoms with Crippen molar-refractivity contribution in [1.29, 1.82) is 0 Å². The Morgan fingerprint density at radius 2 is 1.65 bits per heavy atom. The van der Waals surface area contributed by atoms with E-state index in [1.807, 2.05) is 0 Å². The molecule has 4 aliphatic rings. The smallest absolute Gasteiger partial charge is 0.309 e. The fraction of sp³-hybridized carbons (Fsp3) is 0.933. The standard InChI is InChI=1S/C15H24O2/c1-2-3-4-17-15(16)14-12-6-10-5-11(8-12)9-13(14)7-10/h10-14H,2-9H2,1H3. The van der Waals surface area contributed by atoms with Gasteiger partial charge in [0.15, 0.2) is 0 Å². The van der Waals surface area contributed by atoms with Gasteiger partial charge in [-0.1, -0.05) is 13.3 Å². The average Bonchev–Trinajstić information content (AvgIpc) is 2.27. The summed E-state index contributed by atoms with van der Waals surface area (Å²) in [6.45, 7) is 2.77. The highest BCUT2D eigenvalue weighted by atomic mass is 16.5. The zero-order valence-electron chi connectivity index (χ0n) is 10.9. The molecule has 0 unspecified atom stereocenters. The maximum Gasteiger partial charge on any atom is 0.309 e. The lowest BCUT2D eigenvalue weighted by Gasteiger charge is -2.53. The Kier molecular flexibility index (Phi) is 3.14. The molecule has 0 aliphatic heterocycles. The molecule has 0 aromatic carbocycles. The van der Waals surface area contributed by atoms with Crippen LogP contribution in [0.2, 0.25) is 0 Å². The van der Waals surface area contributed by atoms with E-state index in [0.29, 0.717) is 18.4 Å². The van der Waals surface area contributed by atoms with Crippen molar-refractivity contribution in [1.82, 2.24) is 0 Å². The van der Waals surface area contributed by atoms with E-state index in [-0.39, 0.29) is 11.9 Å². The SMILES string of the molecule is CCCCOC(=O)C1C2CC3CC(C2)CC1C3. The minimum Gasteiger partial charge on any atom is -0.465 e. The van der Waals surface area contributed by atoms with Crippen LogP contribution in [0.4, 0.5) is 0 Å². The largest absolute Gasteiger partial charge is 0.465 e. The minimum atomic E-state index is 0.132. The van der Waals surface area contributed by atoms with Crippen molar-refractivity contribution < 1.29 is 9.53 Å². The predicted octanol–water partition coefficient (Wildman–Crippen LogP) is 3.40. The van der Waals surface area contributed by atoms with Gasteiger partial charge in [0, 0.05) is 0 Å². The Hall–Kier alpha value is -0.530. The van der Waals surface area contributed by atoms with Crippen LogP contribution in [0, 0.1) is 29.6 Å². The molecule has 4 bridgehead atoms. The third-order valence-electron chi connectivity index (χ3n) is 5.24. The third-order valence-corrected chi connectivity index (χ3v) is 5.24. The van der Waals surface area contributed by atoms with Crippen molar-refractivity contribution in [3.63, 3.8) is 0 Å². The minimum absolute atomic E-state index is 0.132. The molecule has 0 saturated heterocycles. The van der Waals surface area contributed by atoms with Crippen molar-refractivity contribution in [2.75, 3.05) is 6.61 Å². The average molecular weight is 236 g/mol. The van der Waals surface area contributed by atoms with Gasteiger partial charge >= 0.3 is 5.97 Å². The van der Waals surface area contributed by atoms with Crippen LogP contribution in [0.15, 0.2) is 0 Å². The number of esters is 1. The van der Waals surface area contributed by atoms with Crippen molar-refractivity contribution >= 4 is 5.97 Å². The summed E-state index contributed by atoms with van der Waals surface area (Å²) in [6.07, 6.45) is 8.79. The molecule has 0 radical (unpaired) electrons. The molecule has 2 heteroatoms. The second kappa shape index (κ2) is 4.62. The highest BCUT2D eigenvalue weighted by Crippen LogP contribution is 2.56. The van der Waals surface area contributed by atoms with Gasteiger partial charge in [-0.25, -0.2) is 0 Å². The van der Waals surface area contributed by atoms with Crippen LogP contribution in [0.3, 0.4) is 0 Å². The number of hydrogen-bond acceptors (Lipinski definition) is 2. The molecule has 0 atom stereocenters. The quantitative estimate of drug-likeness (QED) is 0.552. The topological polar surface area (TPSA) is 26.3 Å². The van der Waals surface area contributed by atoms with Gasteiger partial charge in [0.2, 0.25) is 0 Å². The van der Waals surface area contributed by atoms with Crippen LogP contribution in [0.1, 0.15) is 51.9 Å². The lowest BCUT2D eigenvalue weighted by Crippen LogP contribution is -2.48. The van der Waals surface area contributed by atoms with Crippen LogP contribution in [0.25, 0.3) is 0 Å². The molecular weight excluding hydrogens is 212 g/mol. The first kappa shape index (κ1) is 11.6. The first-order valence-corrected chi connectivity index (χ1v) is 7.44. The Bertz CT molecular complexity index is 269. The van der Waals surface area contributed by atoms with E-state index in [1.165, 1.54) is 32.1 Å². The molecule has 17 heavy (non-hydrogen) atoms. The number of carbonyl (C=O) groups is 1. The van der Waals surface area contributed by atoms with Gasteiger partial charge in [0.05, 0.1) is 12.5 Å². The Balaban J connectivity index is 1.61. The van der Waals surface area contributed by atoms with E-state index in [4.69, 9.17) is 4.74 Å². The van der Waals surface area contributed by atoms with Crippen molar-refractivity contribution in [3.05, 3.63) is 0 Å². The molecule has 4 rings (SSSR count). The Morgan fingerprint density at radius 3 is 2.18 bits per heavy atom. The monoisotopic (exact) mass is 236 g/mol. The van der Waals surface area contributed by atoms with Gasteiger partial charge in [0.1, 0.15) is 0 Å². The first-order valence-electron chi connectivity index (χ1n) is 7.44. The maximum absolute atomic E-state index is 12.2. The fourth-order valence-corrected chi connectivity index (χ4v) is 4.72.